The van der Waals surface area contributed by atoms with Gasteiger partial charge in [0.2, 0.25) is 0 Å². The zero-order valence-corrected chi connectivity index (χ0v) is 23.3. The van der Waals surface area contributed by atoms with Crippen molar-refractivity contribution < 1.29 is 26.7 Å². The van der Waals surface area contributed by atoms with Crippen molar-refractivity contribution in [1.29, 1.82) is 0 Å². The SMILES string of the molecule is CC(c1ccc(C(F)(F)F)nc1)n1nc(COCc2ccccc2)c2c(=O)[nH]c(C3CCC3c3ncc(C(F)F)cn3)nc21. The highest BCUT2D eigenvalue weighted by molar-refractivity contribution is 5.77. The maximum absolute atomic E-state index is 13.5. The summed E-state index contributed by atoms with van der Waals surface area (Å²) in [7, 11) is 0. The molecule has 1 aliphatic rings. The Morgan fingerprint density at radius 3 is 2.27 bits per heavy atom. The summed E-state index contributed by atoms with van der Waals surface area (Å²) in [5.74, 6) is 0.203. The zero-order valence-electron chi connectivity index (χ0n) is 23.3. The van der Waals surface area contributed by atoms with Gasteiger partial charge in [0.05, 0.1) is 24.8 Å². The minimum atomic E-state index is -4.59. The molecule has 0 saturated heterocycles. The number of alkyl halides is 5. The van der Waals surface area contributed by atoms with Crippen LogP contribution in [0.5, 0.6) is 0 Å². The lowest BCUT2D eigenvalue weighted by molar-refractivity contribution is -0.141. The van der Waals surface area contributed by atoms with Gasteiger partial charge in [-0.1, -0.05) is 36.4 Å². The van der Waals surface area contributed by atoms with Crippen LogP contribution in [0.1, 0.15) is 83.8 Å². The number of halogens is 5. The molecule has 3 unspecified atom stereocenters. The fourth-order valence-corrected chi connectivity index (χ4v) is 5.27. The largest absolute Gasteiger partial charge is 0.433 e. The van der Waals surface area contributed by atoms with Crippen LogP contribution < -0.4 is 5.56 Å². The van der Waals surface area contributed by atoms with Crippen LogP contribution >= 0.6 is 0 Å². The van der Waals surface area contributed by atoms with Gasteiger partial charge in [-0.25, -0.2) is 28.4 Å². The molecule has 0 aliphatic heterocycles. The number of hydrogen-bond acceptors (Lipinski definition) is 7. The number of nitrogens with zero attached hydrogens (tertiary/aromatic N) is 6. The number of hydrogen-bond donors (Lipinski definition) is 1. The summed E-state index contributed by atoms with van der Waals surface area (Å²) in [4.78, 5) is 33.0. The molecule has 44 heavy (non-hydrogen) atoms. The molecule has 1 fully saturated rings. The third-order valence-electron chi connectivity index (χ3n) is 7.83. The van der Waals surface area contributed by atoms with Crippen LogP contribution in [0.2, 0.25) is 0 Å². The number of nitrogens with one attached hydrogen (secondary N) is 1. The van der Waals surface area contributed by atoms with Gasteiger partial charge in [0.15, 0.2) is 5.65 Å². The number of rotatable bonds is 9. The monoisotopic (exact) mass is 611 g/mol. The Bertz CT molecular complexity index is 1810. The Morgan fingerprint density at radius 2 is 1.66 bits per heavy atom. The summed E-state index contributed by atoms with van der Waals surface area (Å²) >= 11 is 0. The summed E-state index contributed by atoms with van der Waals surface area (Å²) < 4.78 is 72.7. The van der Waals surface area contributed by atoms with E-state index in [2.05, 4.69) is 25.0 Å². The van der Waals surface area contributed by atoms with E-state index >= 15 is 0 Å². The number of aromatic nitrogens is 7. The topological polar surface area (TPSA) is 111 Å². The normalized spacial score (nSPS) is 17.6. The van der Waals surface area contributed by atoms with E-state index in [9.17, 15) is 26.7 Å². The molecule has 4 aromatic heterocycles. The van der Waals surface area contributed by atoms with E-state index < -0.39 is 29.9 Å². The maximum atomic E-state index is 13.5. The minimum Gasteiger partial charge on any atom is -0.370 e. The summed E-state index contributed by atoms with van der Waals surface area (Å²) in [5, 5.41) is 4.84. The van der Waals surface area contributed by atoms with Crippen molar-refractivity contribution in [3.63, 3.8) is 0 Å². The summed E-state index contributed by atoms with van der Waals surface area (Å²) in [6.07, 6.45) is -2.63. The molecular weight excluding hydrogens is 585 g/mol. The van der Waals surface area contributed by atoms with Gasteiger partial charge < -0.3 is 9.72 Å². The molecule has 0 amide bonds. The van der Waals surface area contributed by atoms with Gasteiger partial charge >= 0.3 is 6.18 Å². The fraction of sp³-hybridized carbons (Fsp3) is 0.333. The third-order valence-corrected chi connectivity index (χ3v) is 7.83. The number of fused-ring (bicyclic) bond motifs is 1. The molecule has 1 aromatic carbocycles. The molecule has 1 N–H and O–H groups in total. The van der Waals surface area contributed by atoms with Gasteiger partial charge in [-0.05, 0) is 37.0 Å². The third kappa shape index (κ3) is 5.81. The van der Waals surface area contributed by atoms with Crippen molar-refractivity contribution in [1.82, 2.24) is 34.7 Å². The minimum absolute atomic E-state index is 0.0170. The first kappa shape index (κ1) is 29.5. The van der Waals surface area contributed by atoms with E-state index in [4.69, 9.17) is 9.72 Å². The van der Waals surface area contributed by atoms with Crippen molar-refractivity contribution >= 4 is 11.0 Å². The molecule has 0 spiro atoms. The van der Waals surface area contributed by atoms with Gasteiger partial charge in [-0.15, -0.1) is 0 Å². The number of aromatic amines is 1. The second-order valence-electron chi connectivity index (χ2n) is 10.6. The van der Waals surface area contributed by atoms with Crippen molar-refractivity contribution in [2.45, 2.75) is 63.5 Å². The zero-order chi connectivity index (χ0) is 31.0. The van der Waals surface area contributed by atoms with Crippen molar-refractivity contribution in [3.05, 3.63) is 111 Å². The molecule has 1 aliphatic carbocycles. The Hall–Kier alpha value is -4.59. The molecule has 3 atom stereocenters. The smallest absolute Gasteiger partial charge is 0.370 e. The Balaban J connectivity index is 1.36. The molecule has 1 saturated carbocycles. The van der Waals surface area contributed by atoms with Crippen LogP contribution in [0.3, 0.4) is 0 Å². The lowest BCUT2D eigenvalue weighted by Crippen LogP contribution is -2.28. The first-order valence-corrected chi connectivity index (χ1v) is 13.9. The highest BCUT2D eigenvalue weighted by Crippen LogP contribution is 2.47. The number of benzene rings is 1. The van der Waals surface area contributed by atoms with Crippen LogP contribution in [0, 0.1) is 0 Å². The van der Waals surface area contributed by atoms with E-state index in [1.54, 1.807) is 6.92 Å². The van der Waals surface area contributed by atoms with Gasteiger partial charge in [-0.2, -0.15) is 18.3 Å². The standard InChI is InChI=1S/C30H26F5N7O2/c1-16(18-7-10-23(36-11-18)30(33,34)35)42-28-24(22(41-42)15-44-14-17-5-3-2-4-6-17)29(43)40-27(39-28)21-9-8-20(21)26-37-12-19(13-38-26)25(31)32/h2-7,10-13,16,20-21,25H,8-9,14-15H2,1H3,(H,39,40,43). The van der Waals surface area contributed by atoms with Gasteiger partial charge in [0, 0.05) is 30.4 Å². The van der Waals surface area contributed by atoms with E-state index in [0.717, 1.165) is 30.2 Å². The van der Waals surface area contributed by atoms with Crippen molar-refractivity contribution in [2.75, 3.05) is 0 Å². The summed E-state index contributed by atoms with van der Waals surface area (Å²) in [5.41, 5.74) is 0.145. The highest BCUT2D eigenvalue weighted by Gasteiger charge is 2.38. The predicted octanol–water partition coefficient (Wildman–Crippen LogP) is 6.25. The molecule has 0 bridgehead atoms. The summed E-state index contributed by atoms with van der Waals surface area (Å²) in [6.45, 7) is 1.97. The van der Waals surface area contributed by atoms with Gasteiger partial charge in [0.25, 0.3) is 12.0 Å². The second-order valence-corrected chi connectivity index (χ2v) is 10.6. The van der Waals surface area contributed by atoms with Crippen LogP contribution in [0.4, 0.5) is 22.0 Å². The lowest BCUT2D eigenvalue weighted by atomic mass is 9.72. The lowest BCUT2D eigenvalue weighted by Gasteiger charge is -2.34. The Labute approximate surface area is 247 Å². The first-order chi connectivity index (χ1) is 21.1. The quantitative estimate of drug-likeness (QED) is 0.196. The molecule has 4 heterocycles. The molecule has 228 valence electrons. The fourth-order valence-electron chi connectivity index (χ4n) is 5.27. The average Bonchev–Trinajstić information content (AvgIpc) is 3.35. The number of pyridine rings is 1. The highest BCUT2D eigenvalue weighted by atomic mass is 19.4. The van der Waals surface area contributed by atoms with Crippen molar-refractivity contribution in [2.24, 2.45) is 0 Å². The molecule has 5 aromatic rings. The van der Waals surface area contributed by atoms with Gasteiger partial charge in [0.1, 0.15) is 28.4 Å². The van der Waals surface area contributed by atoms with Crippen molar-refractivity contribution in [3.8, 4) is 0 Å². The Morgan fingerprint density at radius 1 is 0.955 bits per heavy atom. The van der Waals surface area contributed by atoms with E-state index in [0.29, 0.717) is 35.7 Å². The van der Waals surface area contributed by atoms with E-state index in [-0.39, 0.29) is 41.6 Å². The maximum Gasteiger partial charge on any atom is 0.433 e. The first-order valence-electron chi connectivity index (χ1n) is 13.9. The average molecular weight is 612 g/mol. The van der Waals surface area contributed by atoms with E-state index in [1.165, 1.54) is 10.7 Å². The Kier molecular flexibility index (Phi) is 7.93. The predicted molar refractivity (Wildman–Crippen MR) is 148 cm³/mol. The molecule has 14 heteroatoms. The molecule has 6 rings (SSSR count). The van der Waals surface area contributed by atoms with Crippen LogP contribution in [0.25, 0.3) is 11.0 Å². The summed E-state index contributed by atoms with van der Waals surface area (Å²) in [6, 6.07) is 11.0. The molecular formula is C30H26F5N7O2. The number of ether oxygens (including phenoxy) is 1. The van der Waals surface area contributed by atoms with Crippen LogP contribution in [-0.4, -0.2) is 34.7 Å². The second kappa shape index (κ2) is 11.8. The number of H-pyrrole nitrogens is 1. The van der Waals surface area contributed by atoms with Gasteiger partial charge in [-0.3, -0.25) is 9.78 Å². The van der Waals surface area contributed by atoms with Crippen LogP contribution in [0.15, 0.2) is 65.8 Å². The van der Waals surface area contributed by atoms with Crippen LogP contribution in [-0.2, 0) is 24.1 Å². The van der Waals surface area contributed by atoms with E-state index in [1.807, 2.05) is 30.3 Å². The molecule has 9 nitrogen and oxygen atoms in total. The molecule has 0 radical (unpaired) electrons.